The Kier molecular flexibility index (Phi) is 6.09. The summed E-state index contributed by atoms with van der Waals surface area (Å²) in [5.74, 6) is 0.442. The number of halogens is 2. The van der Waals surface area contributed by atoms with Gasteiger partial charge >= 0.3 is 0 Å². The second-order valence-corrected chi connectivity index (χ2v) is 7.45. The lowest BCUT2D eigenvalue weighted by Crippen LogP contribution is -2.20. The van der Waals surface area contributed by atoms with Crippen molar-refractivity contribution < 1.29 is 9.53 Å². The third kappa shape index (κ3) is 5.06. The molecule has 0 heterocycles. The number of carbonyl (C=O) groups is 1. The van der Waals surface area contributed by atoms with Gasteiger partial charge in [0.25, 0.3) is 5.91 Å². The molecule has 3 aromatic carbocycles. The number of rotatable bonds is 5. The standard InChI is InChI=1S/C20H15BrINO2/c21-18-12-15(14-4-2-1-3-5-14)6-11-19(18)25-13-20(24)23-17-9-7-16(22)8-10-17/h1-12H,13H2,(H,23,24). The highest BCUT2D eigenvalue weighted by molar-refractivity contribution is 14.1. The van der Waals surface area contributed by atoms with E-state index in [0.29, 0.717) is 5.75 Å². The van der Waals surface area contributed by atoms with Crippen LogP contribution in [-0.2, 0) is 4.79 Å². The Labute approximate surface area is 168 Å². The smallest absolute Gasteiger partial charge is 0.262 e. The highest BCUT2D eigenvalue weighted by Crippen LogP contribution is 2.30. The fraction of sp³-hybridized carbons (Fsp3) is 0.0500. The second-order valence-electron chi connectivity index (χ2n) is 5.35. The van der Waals surface area contributed by atoms with Crippen molar-refractivity contribution in [3.8, 4) is 16.9 Å². The molecule has 0 spiro atoms. The molecule has 0 saturated heterocycles. The first-order valence-electron chi connectivity index (χ1n) is 7.65. The van der Waals surface area contributed by atoms with Crippen LogP contribution in [0, 0.1) is 3.57 Å². The van der Waals surface area contributed by atoms with E-state index in [0.717, 1.165) is 24.9 Å². The minimum absolute atomic E-state index is 0.0464. The minimum Gasteiger partial charge on any atom is -0.483 e. The van der Waals surface area contributed by atoms with Crippen LogP contribution >= 0.6 is 38.5 Å². The number of nitrogens with one attached hydrogen (secondary N) is 1. The maximum atomic E-state index is 12.0. The van der Waals surface area contributed by atoms with Crippen LogP contribution in [0.15, 0.2) is 77.3 Å². The monoisotopic (exact) mass is 507 g/mol. The molecule has 1 N–H and O–H groups in total. The lowest BCUT2D eigenvalue weighted by molar-refractivity contribution is -0.118. The molecule has 1 amide bonds. The summed E-state index contributed by atoms with van der Waals surface area (Å²) in [4.78, 5) is 12.0. The molecule has 0 bridgehead atoms. The molecule has 3 nitrogen and oxygen atoms in total. The number of hydrogen-bond acceptors (Lipinski definition) is 2. The highest BCUT2D eigenvalue weighted by Gasteiger charge is 2.08. The van der Waals surface area contributed by atoms with Gasteiger partial charge in [0.2, 0.25) is 0 Å². The van der Waals surface area contributed by atoms with Crippen molar-refractivity contribution in [2.45, 2.75) is 0 Å². The zero-order valence-electron chi connectivity index (χ0n) is 13.2. The summed E-state index contributed by atoms with van der Waals surface area (Å²) in [5, 5.41) is 2.81. The lowest BCUT2D eigenvalue weighted by atomic mass is 10.1. The van der Waals surface area contributed by atoms with E-state index in [4.69, 9.17) is 4.74 Å². The Hall–Kier alpha value is -1.86. The second kappa shape index (κ2) is 8.49. The van der Waals surface area contributed by atoms with Crippen LogP contribution < -0.4 is 10.1 Å². The number of benzene rings is 3. The fourth-order valence-electron chi connectivity index (χ4n) is 2.30. The van der Waals surface area contributed by atoms with Gasteiger partial charge in [-0.1, -0.05) is 36.4 Å². The van der Waals surface area contributed by atoms with Crippen molar-refractivity contribution >= 4 is 50.1 Å². The fourth-order valence-corrected chi connectivity index (χ4v) is 3.15. The highest BCUT2D eigenvalue weighted by atomic mass is 127. The van der Waals surface area contributed by atoms with Crippen molar-refractivity contribution in [1.82, 2.24) is 0 Å². The van der Waals surface area contributed by atoms with E-state index >= 15 is 0 Å². The topological polar surface area (TPSA) is 38.3 Å². The van der Waals surface area contributed by atoms with E-state index < -0.39 is 0 Å². The third-order valence-corrected chi connectivity index (χ3v) is 4.86. The van der Waals surface area contributed by atoms with Gasteiger partial charge < -0.3 is 10.1 Å². The average molecular weight is 508 g/mol. The molecule has 0 atom stereocenters. The minimum atomic E-state index is -0.194. The summed E-state index contributed by atoms with van der Waals surface area (Å²) in [6.45, 7) is -0.0464. The molecule has 3 aromatic rings. The number of carbonyl (C=O) groups excluding carboxylic acids is 1. The maximum Gasteiger partial charge on any atom is 0.262 e. The molecule has 3 rings (SSSR count). The summed E-state index contributed by atoms with van der Waals surface area (Å²) in [6, 6.07) is 23.5. The van der Waals surface area contributed by atoms with Crippen molar-refractivity contribution in [2.75, 3.05) is 11.9 Å². The molecular weight excluding hydrogens is 493 g/mol. The molecule has 126 valence electrons. The van der Waals surface area contributed by atoms with E-state index in [1.165, 1.54) is 0 Å². The molecule has 0 aliphatic rings. The first-order valence-corrected chi connectivity index (χ1v) is 9.52. The molecular formula is C20H15BrINO2. The number of hydrogen-bond donors (Lipinski definition) is 1. The van der Waals surface area contributed by atoms with Crippen LogP contribution in [0.5, 0.6) is 5.75 Å². The Morgan fingerprint density at radius 3 is 2.36 bits per heavy atom. The SMILES string of the molecule is O=C(COc1ccc(-c2ccccc2)cc1Br)Nc1ccc(I)cc1. The quantitative estimate of drug-likeness (QED) is 0.447. The first-order chi connectivity index (χ1) is 12.1. The summed E-state index contributed by atoms with van der Waals surface area (Å²) in [5.41, 5.74) is 2.97. The zero-order chi connectivity index (χ0) is 17.6. The Bertz CT molecular complexity index is 867. The van der Waals surface area contributed by atoms with Gasteiger partial charge in [-0.25, -0.2) is 0 Å². The predicted octanol–water partition coefficient (Wildman–Crippen LogP) is 5.74. The molecule has 0 aromatic heterocycles. The van der Waals surface area contributed by atoms with E-state index in [-0.39, 0.29) is 12.5 Å². The van der Waals surface area contributed by atoms with Gasteiger partial charge in [-0.05, 0) is 86.0 Å². The van der Waals surface area contributed by atoms with Crippen LogP contribution in [0.2, 0.25) is 0 Å². The van der Waals surface area contributed by atoms with Gasteiger partial charge in [0.1, 0.15) is 5.75 Å². The Morgan fingerprint density at radius 1 is 0.960 bits per heavy atom. The van der Waals surface area contributed by atoms with Crippen molar-refractivity contribution in [1.29, 1.82) is 0 Å². The van der Waals surface area contributed by atoms with Gasteiger partial charge in [0.15, 0.2) is 6.61 Å². The van der Waals surface area contributed by atoms with Gasteiger partial charge in [-0.15, -0.1) is 0 Å². The zero-order valence-corrected chi connectivity index (χ0v) is 17.0. The first kappa shape index (κ1) is 17.9. The van der Waals surface area contributed by atoms with E-state index in [1.807, 2.05) is 60.7 Å². The van der Waals surface area contributed by atoms with Crippen LogP contribution in [0.3, 0.4) is 0 Å². The van der Waals surface area contributed by atoms with Crippen LogP contribution in [0.1, 0.15) is 0 Å². The molecule has 0 unspecified atom stereocenters. The van der Waals surface area contributed by atoms with Crippen molar-refractivity contribution in [2.24, 2.45) is 0 Å². The Balaban J connectivity index is 1.61. The van der Waals surface area contributed by atoms with Crippen LogP contribution in [0.25, 0.3) is 11.1 Å². The number of amides is 1. The van der Waals surface area contributed by atoms with E-state index in [1.54, 1.807) is 0 Å². The number of anilines is 1. The largest absolute Gasteiger partial charge is 0.483 e. The summed E-state index contributed by atoms with van der Waals surface area (Å²) in [7, 11) is 0. The van der Waals surface area contributed by atoms with Crippen LogP contribution in [0.4, 0.5) is 5.69 Å². The average Bonchev–Trinajstić information content (AvgIpc) is 2.63. The number of ether oxygens (including phenoxy) is 1. The summed E-state index contributed by atoms with van der Waals surface area (Å²) >= 11 is 5.73. The summed E-state index contributed by atoms with van der Waals surface area (Å²) < 4.78 is 7.56. The van der Waals surface area contributed by atoms with Crippen molar-refractivity contribution in [3.63, 3.8) is 0 Å². The van der Waals surface area contributed by atoms with Crippen LogP contribution in [-0.4, -0.2) is 12.5 Å². The molecule has 0 radical (unpaired) electrons. The Morgan fingerprint density at radius 2 is 1.68 bits per heavy atom. The van der Waals surface area contributed by atoms with E-state index in [2.05, 4.69) is 56.0 Å². The van der Waals surface area contributed by atoms with Gasteiger partial charge in [0.05, 0.1) is 4.47 Å². The third-order valence-electron chi connectivity index (χ3n) is 3.53. The van der Waals surface area contributed by atoms with Gasteiger partial charge in [0, 0.05) is 9.26 Å². The molecule has 0 aliphatic heterocycles. The molecule has 0 fully saturated rings. The van der Waals surface area contributed by atoms with E-state index in [9.17, 15) is 4.79 Å². The molecule has 0 saturated carbocycles. The molecule has 0 aliphatic carbocycles. The maximum absolute atomic E-state index is 12.0. The van der Waals surface area contributed by atoms with Crippen molar-refractivity contribution in [3.05, 3.63) is 80.8 Å². The van der Waals surface area contributed by atoms with Gasteiger partial charge in [-0.3, -0.25) is 4.79 Å². The summed E-state index contributed by atoms with van der Waals surface area (Å²) in [6.07, 6.45) is 0. The van der Waals surface area contributed by atoms with Gasteiger partial charge in [-0.2, -0.15) is 0 Å². The lowest BCUT2D eigenvalue weighted by Gasteiger charge is -2.10. The molecule has 5 heteroatoms. The molecule has 25 heavy (non-hydrogen) atoms. The normalized spacial score (nSPS) is 10.3. The predicted molar refractivity (Wildman–Crippen MR) is 113 cm³/mol.